The third kappa shape index (κ3) is 0.641. The van der Waals surface area contributed by atoms with Crippen molar-refractivity contribution in [3.8, 4) is 0 Å². The summed E-state index contributed by atoms with van der Waals surface area (Å²) in [6.45, 7) is 1.48. The summed E-state index contributed by atoms with van der Waals surface area (Å²) in [6.07, 6.45) is -1.44. The molecule has 0 saturated carbocycles. The van der Waals surface area contributed by atoms with Crippen LogP contribution in [-0.4, -0.2) is 18.1 Å². The van der Waals surface area contributed by atoms with Gasteiger partial charge in [0.1, 0.15) is 0 Å². The van der Waals surface area contributed by atoms with E-state index in [1.807, 2.05) is 0 Å². The van der Waals surface area contributed by atoms with Crippen LogP contribution in [0.3, 0.4) is 0 Å². The van der Waals surface area contributed by atoms with Crippen molar-refractivity contribution in [2.75, 3.05) is 0 Å². The quantitative estimate of drug-likeness (QED) is 0.432. The van der Waals surface area contributed by atoms with Crippen LogP contribution in [0.25, 0.3) is 0 Å². The summed E-state index contributed by atoms with van der Waals surface area (Å²) >= 11 is 0. The van der Waals surface area contributed by atoms with Crippen molar-refractivity contribution in [1.82, 2.24) is 5.32 Å². The molecule has 1 unspecified atom stereocenters. The van der Waals surface area contributed by atoms with E-state index in [2.05, 4.69) is 10.1 Å². The maximum atomic E-state index is 10.3. The van der Waals surface area contributed by atoms with Gasteiger partial charge in [-0.2, -0.15) is 0 Å². The normalized spacial score (nSPS) is 27.4. The van der Waals surface area contributed by atoms with Crippen LogP contribution >= 0.6 is 0 Å². The largest absolute Gasteiger partial charge is 0.437 e. The average Bonchev–Trinajstić information content (AvgIpc) is 1.85. The average molecular weight is 114 g/mol. The zero-order valence-electron chi connectivity index (χ0n) is 4.25. The van der Waals surface area contributed by atoms with Gasteiger partial charge >= 0.3 is 6.09 Å². The minimum absolute atomic E-state index is 0.491. The third-order valence-electron chi connectivity index (χ3n) is 0.827. The Balaban J connectivity index is 2.64. The summed E-state index contributed by atoms with van der Waals surface area (Å²) in [6, 6.07) is 0. The first kappa shape index (κ1) is 5.08. The van der Waals surface area contributed by atoms with E-state index in [0.29, 0.717) is 0 Å². The van der Waals surface area contributed by atoms with E-state index in [-0.39, 0.29) is 0 Å². The highest BCUT2D eigenvalue weighted by molar-refractivity contribution is 5.99. The molecule has 1 saturated heterocycles. The standard InChI is InChI=1S/C4H4NO3/c1-2-3(6)5-4(7)8-2/h2H,1H3. The van der Waals surface area contributed by atoms with Gasteiger partial charge in [0.15, 0.2) is 6.10 Å². The second-order valence-electron chi connectivity index (χ2n) is 1.48. The van der Waals surface area contributed by atoms with E-state index >= 15 is 0 Å². The molecule has 4 heteroatoms. The molecule has 43 valence electrons. The van der Waals surface area contributed by atoms with Crippen LogP contribution in [0.5, 0.6) is 0 Å². The molecular formula is C4H4NO3. The van der Waals surface area contributed by atoms with Crippen LogP contribution in [0, 0.1) is 0 Å². The number of carbonyl (C=O) groups is 2. The van der Waals surface area contributed by atoms with Gasteiger partial charge in [0.25, 0.3) is 5.91 Å². The zero-order valence-corrected chi connectivity index (χ0v) is 4.25. The number of hydrogen-bond donors (Lipinski definition) is 0. The van der Waals surface area contributed by atoms with E-state index in [1.165, 1.54) is 6.92 Å². The maximum absolute atomic E-state index is 10.3. The highest BCUT2D eigenvalue weighted by Crippen LogP contribution is 2.00. The lowest BCUT2D eigenvalue weighted by Crippen LogP contribution is -2.15. The SMILES string of the molecule is CC1OC(=O)[N]C1=O. The van der Waals surface area contributed by atoms with Gasteiger partial charge < -0.3 is 4.74 Å². The summed E-state index contributed by atoms with van der Waals surface area (Å²) in [4.78, 5) is 20.3. The van der Waals surface area contributed by atoms with Crippen LogP contribution in [0.4, 0.5) is 4.79 Å². The van der Waals surface area contributed by atoms with Crippen LogP contribution in [0.1, 0.15) is 6.92 Å². The lowest BCUT2D eigenvalue weighted by Gasteiger charge is -1.90. The molecule has 1 heterocycles. The molecule has 1 atom stereocenters. The highest BCUT2D eigenvalue weighted by atomic mass is 16.6. The second-order valence-corrected chi connectivity index (χ2v) is 1.48. The Morgan fingerprint density at radius 1 is 1.62 bits per heavy atom. The van der Waals surface area contributed by atoms with Crippen molar-refractivity contribution in [1.29, 1.82) is 0 Å². The lowest BCUT2D eigenvalue weighted by atomic mass is 10.4. The Morgan fingerprint density at radius 2 is 2.25 bits per heavy atom. The minimum atomic E-state index is -0.775. The molecule has 8 heavy (non-hydrogen) atoms. The van der Waals surface area contributed by atoms with Crippen LogP contribution in [0.15, 0.2) is 0 Å². The molecular weight excluding hydrogens is 110 g/mol. The number of nitrogens with zero attached hydrogens (tertiary/aromatic N) is 1. The van der Waals surface area contributed by atoms with Gasteiger partial charge in [-0.1, -0.05) is 0 Å². The zero-order chi connectivity index (χ0) is 6.15. The molecule has 1 rings (SSSR count). The van der Waals surface area contributed by atoms with Gasteiger partial charge in [0.2, 0.25) is 0 Å². The summed E-state index contributed by atoms with van der Waals surface area (Å²) in [5, 5.41) is 2.97. The van der Waals surface area contributed by atoms with Crippen molar-refractivity contribution in [2.24, 2.45) is 0 Å². The van der Waals surface area contributed by atoms with Crippen molar-refractivity contribution in [3.05, 3.63) is 0 Å². The molecule has 0 aromatic heterocycles. The van der Waals surface area contributed by atoms with Crippen molar-refractivity contribution >= 4 is 12.0 Å². The second kappa shape index (κ2) is 1.47. The first-order chi connectivity index (χ1) is 3.70. The number of amides is 2. The van der Waals surface area contributed by atoms with Crippen LogP contribution < -0.4 is 5.32 Å². The van der Waals surface area contributed by atoms with Crippen molar-refractivity contribution in [3.63, 3.8) is 0 Å². The first-order valence-corrected chi connectivity index (χ1v) is 2.16. The Hall–Kier alpha value is -1.06. The monoisotopic (exact) mass is 114 g/mol. The predicted molar refractivity (Wildman–Crippen MR) is 23.1 cm³/mol. The number of cyclic esters (lactones) is 1. The third-order valence-corrected chi connectivity index (χ3v) is 0.827. The van der Waals surface area contributed by atoms with E-state index < -0.39 is 18.1 Å². The Morgan fingerprint density at radius 3 is 2.38 bits per heavy atom. The molecule has 0 aromatic carbocycles. The highest BCUT2D eigenvalue weighted by Gasteiger charge is 2.29. The van der Waals surface area contributed by atoms with Crippen molar-refractivity contribution in [2.45, 2.75) is 13.0 Å². The number of ether oxygens (including phenoxy) is 1. The molecule has 0 spiro atoms. The lowest BCUT2D eigenvalue weighted by molar-refractivity contribution is -0.123. The van der Waals surface area contributed by atoms with Gasteiger partial charge in [-0.3, -0.25) is 4.79 Å². The maximum Gasteiger partial charge on any atom is 0.437 e. The molecule has 1 radical (unpaired) electrons. The molecule has 0 aromatic rings. The van der Waals surface area contributed by atoms with E-state index in [9.17, 15) is 9.59 Å². The molecule has 1 fully saturated rings. The molecule has 0 aliphatic carbocycles. The van der Waals surface area contributed by atoms with E-state index in [4.69, 9.17) is 0 Å². The summed E-state index contributed by atoms with van der Waals surface area (Å²) in [7, 11) is 0. The van der Waals surface area contributed by atoms with Crippen LogP contribution in [0.2, 0.25) is 0 Å². The van der Waals surface area contributed by atoms with E-state index in [1.54, 1.807) is 0 Å². The van der Waals surface area contributed by atoms with Gasteiger partial charge in [-0.05, 0) is 6.92 Å². The van der Waals surface area contributed by atoms with Gasteiger partial charge in [-0.25, -0.2) is 4.79 Å². The smallest absolute Gasteiger partial charge is 0.435 e. The summed E-state index contributed by atoms with van der Waals surface area (Å²) in [5.41, 5.74) is 0. The Kier molecular flexibility index (Phi) is 0.932. The molecule has 0 N–H and O–H groups in total. The fourth-order valence-electron chi connectivity index (χ4n) is 0.409. The summed E-state index contributed by atoms with van der Waals surface area (Å²) in [5.74, 6) is -0.491. The topological polar surface area (TPSA) is 57.5 Å². The fraction of sp³-hybridized carbons (Fsp3) is 0.500. The van der Waals surface area contributed by atoms with Gasteiger partial charge in [0.05, 0.1) is 0 Å². The number of hydrogen-bond acceptors (Lipinski definition) is 3. The van der Waals surface area contributed by atoms with Crippen LogP contribution in [-0.2, 0) is 9.53 Å². The first-order valence-electron chi connectivity index (χ1n) is 2.16. The number of carbonyl (C=O) groups excluding carboxylic acids is 2. The fourth-order valence-corrected chi connectivity index (χ4v) is 0.409. The van der Waals surface area contributed by atoms with Gasteiger partial charge in [-0.15, -0.1) is 5.32 Å². The number of rotatable bonds is 0. The van der Waals surface area contributed by atoms with Crippen molar-refractivity contribution < 1.29 is 14.3 Å². The molecule has 4 nitrogen and oxygen atoms in total. The Bertz CT molecular complexity index is 142. The predicted octanol–water partition coefficient (Wildman–Crippen LogP) is -0.344. The summed E-state index contributed by atoms with van der Waals surface area (Å²) < 4.78 is 4.32. The molecule has 0 bridgehead atoms. The minimum Gasteiger partial charge on any atom is -0.435 e. The van der Waals surface area contributed by atoms with E-state index in [0.717, 1.165) is 0 Å². The molecule has 1 aliphatic rings. The molecule has 2 amide bonds. The van der Waals surface area contributed by atoms with Gasteiger partial charge in [0, 0.05) is 0 Å². The molecule has 1 aliphatic heterocycles. The Labute approximate surface area is 45.8 Å². The number of imide groups is 1.